The van der Waals surface area contributed by atoms with E-state index in [0.717, 1.165) is 22.9 Å². The molecule has 1 aromatic heterocycles. The van der Waals surface area contributed by atoms with Crippen LogP contribution in [0.3, 0.4) is 0 Å². The molecular weight excluding hydrogens is 293 g/mol. The van der Waals surface area contributed by atoms with E-state index in [2.05, 4.69) is 24.4 Å². The lowest BCUT2D eigenvalue weighted by atomic mass is 10.1. The first-order chi connectivity index (χ1) is 9.69. The van der Waals surface area contributed by atoms with Crippen molar-refractivity contribution >= 4 is 22.9 Å². The van der Waals surface area contributed by atoms with Crippen LogP contribution in [0.15, 0.2) is 30.3 Å². The predicted molar refractivity (Wildman–Crippen MR) is 83.9 cm³/mol. The first-order valence-electron chi connectivity index (χ1n) is 6.97. The molecule has 0 bridgehead atoms. The van der Waals surface area contributed by atoms with E-state index in [1.807, 2.05) is 0 Å². The van der Waals surface area contributed by atoms with E-state index in [4.69, 9.17) is 11.6 Å². The van der Waals surface area contributed by atoms with Crippen LogP contribution < -0.4 is 5.32 Å². The lowest BCUT2D eigenvalue weighted by Crippen LogP contribution is -2.21. The molecule has 1 atom stereocenters. The van der Waals surface area contributed by atoms with Crippen LogP contribution in [0, 0.1) is 11.7 Å². The third-order valence-electron chi connectivity index (χ3n) is 3.65. The maximum absolute atomic E-state index is 13.1. The zero-order valence-corrected chi connectivity index (χ0v) is 12.9. The van der Waals surface area contributed by atoms with Gasteiger partial charge in [0.1, 0.15) is 5.82 Å². The van der Waals surface area contributed by atoms with E-state index in [-0.39, 0.29) is 5.82 Å². The van der Waals surface area contributed by atoms with Gasteiger partial charge in [0.05, 0.1) is 5.02 Å². The van der Waals surface area contributed by atoms with E-state index in [1.54, 1.807) is 17.4 Å². The van der Waals surface area contributed by atoms with Crippen LogP contribution in [0.2, 0.25) is 5.02 Å². The molecule has 1 unspecified atom stereocenters. The molecule has 1 aromatic carbocycles. The van der Waals surface area contributed by atoms with Crippen LogP contribution in [0.25, 0.3) is 10.4 Å². The van der Waals surface area contributed by atoms with Gasteiger partial charge in [-0.05, 0) is 55.6 Å². The van der Waals surface area contributed by atoms with Gasteiger partial charge in [-0.25, -0.2) is 4.39 Å². The second-order valence-corrected chi connectivity index (χ2v) is 6.72. The minimum Gasteiger partial charge on any atom is -0.309 e. The summed E-state index contributed by atoms with van der Waals surface area (Å²) >= 11 is 7.89. The number of benzene rings is 1. The summed E-state index contributed by atoms with van der Waals surface area (Å²) in [6.45, 7) is 3.12. The average Bonchev–Trinajstić information content (AvgIpc) is 3.14. The molecule has 1 saturated carbocycles. The van der Waals surface area contributed by atoms with Crippen LogP contribution in [-0.4, -0.2) is 6.54 Å². The third-order valence-corrected chi connectivity index (χ3v) is 5.16. The number of nitrogens with one attached hydrogen (secondary N) is 1. The highest BCUT2D eigenvalue weighted by Crippen LogP contribution is 2.44. The topological polar surface area (TPSA) is 12.0 Å². The normalized spacial score (nSPS) is 16.4. The molecule has 3 rings (SSSR count). The molecule has 4 heteroatoms. The largest absolute Gasteiger partial charge is 0.309 e. The monoisotopic (exact) mass is 309 g/mol. The number of halogens is 2. The Morgan fingerprint density at radius 3 is 2.80 bits per heavy atom. The van der Waals surface area contributed by atoms with Gasteiger partial charge in [-0.15, -0.1) is 11.3 Å². The fraction of sp³-hybridized carbons (Fsp3) is 0.375. The Kier molecular flexibility index (Phi) is 4.11. The van der Waals surface area contributed by atoms with Crippen LogP contribution in [0.4, 0.5) is 4.39 Å². The van der Waals surface area contributed by atoms with E-state index in [1.165, 1.54) is 29.9 Å². The summed E-state index contributed by atoms with van der Waals surface area (Å²) in [7, 11) is 0. The van der Waals surface area contributed by atoms with Gasteiger partial charge in [0.2, 0.25) is 0 Å². The number of hydrogen-bond acceptors (Lipinski definition) is 2. The number of hydrogen-bond donors (Lipinski definition) is 1. The van der Waals surface area contributed by atoms with Crippen molar-refractivity contribution in [1.82, 2.24) is 5.32 Å². The van der Waals surface area contributed by atoms with E-state index in [9.17, 15) is 4.39 Å². The van der Waals surface area contributed by atoms with Crippen molar-refractivity contribution in [1.29, 1.82) is 0 Å². The highest BCUT2D eigenvalue weighted by molar-refractivity contribution is 7.15. The maximum Gasteiger partial charge on any atom is 0.124 e. The summed E-state index contributed by atoms with van der Waals surface area (Å²) in [5.74, 6) is 0.476. The lowest BCUT2D eigenvalue weighted by Gasteiger charge is -2.15. The zero-order valence-electron chi connectivity index (χ0n) is 11.3. The molecular formula is C16H17ClFNS. The summed E-state index contributed by atoms with van der Waals surface area (Å²) in [6.07, 6.45) is 2.62. The summed E-state index contributed by atoms with van der Waals surface area (Å²) in [6, 6.07) is 9.31. The van der Waals surface area contributed by atoms with Gasteiger partial charge >= 0.3 is 0 Å². The molecule has 106 valence electrons. The maximum atomic E-state index is 13.1. The highest BCUT2D eigenvalue weighted by Gasteiger charge is 2.32. The van der Waals surface area contributed by atoms with Gasteiger partial charge in [-0.2, -0.15) is 0 Å². The molecule has 1 nitrogen and oxygen atoms in total. The highest BCUT2D eigenvalue weighted by atomic mass is 35.5. The molecule has 0 saturated heterocycles. The lowest BCUT2D eigenvalue weighted by molar-refractivity contribution is 0.504. The molecule has 0 spiro atoms. The van der Waals surface area contributed by atoms with Crippen molar-refractivity contribution in [3.8, 4) is 10.4 Å². The SMILES string of the molecule is CCNC(c1ccc(-c2ccc(F)cc2Cl)s1)C1CC1. The van der Waals surface area contributed by atoms with Gasteiger partial charge in [-0.3, -0.25) is 0 Å². The molecule has 0 radical (unpaired) electrons. The smallest absolute Gasteiger partial charge is 0.124 e. The van der Waals surface area contributed by atoms with Crippen molar-refractivity contribution in [2.45, 2.75) is 25.8 Å². The van der Waals surface area contributed by atoms with E-state index in [0.29, 0.717) is 11.1 Å². The van der Waals surface area contributed by atoms with Crippen LogP contribution >= 0.6 is 22.9 Å². The second-order valence-electron chi connectivity index (χ2n) is 5.20. The molecule has 20 heavy (non-hydrogen) atoms. The van der Waals surface area contributed by atoms with Crippen molar-refractivity contribution < 1.29 is 4.39 Å². The third kappa shape index (κ3) is 2.90. The van der Waals surface area contributed by atoms with E-state index >= 15 is 0 Å². The Labute approximate surface area is 127 Å². The molecule has 1 fully saturated rings. The first kappa shape index (κ1) is 14.1. The van der Waals surface area contributed by atoms with Crippen LogP contribution in [-0.2, 0) is 0 Å². The van der Waals surface area contributed by atoms with Crippen molar-refractivity contribution in [2.75, 3.05) is 6.54 Å². The minimum absolute atomic E-state index is 0.293. The molecule has 1 heterocycles. The molecule has 0 amide bonds. The summed E-state index contributed by atoms with van der Waals surface area (Å²) in [4.78, 5) is 2.46. The van der Waals surface area contributed by atoms with Crippen molar-refractivity contribution in [2.24, 2.45) is 5.92 Å². The fourth-order valence-electron chi connectivity index (χ4n) is 2.50. The van der Waals surface area contributed by atoms with Crippen LogP contribution in [0.1, 0.15) is 30.7 Å². The van der Waals surface area contributed by atoms with Gasteiger partial charge in [0.15, 0.2) is 0 Å². The van der Waals surface area contributed by atoms with Crippen molar-refractivity contribution in [3.63, 3.8) is 0 Å². The second kappa shape index (κ2) is 5.84. The van der Waals surface area contributed by atoms with Gasteiger partial charge < -0.3 is 5.32 Å². The Bertz CT molecular complexity index is 606. The summed E-state index contributed by atoms with van der Waals surface area (Å²) in [5.41, 5.74) is 0.912. The summed E-state index contributed by atoms with van der Waals surface area (Å²) < 4.78 is 13.1. The predicted octanol–water partition coefficient (Wildman–Crippen LogP) is 5.27. The molecule has 1 N–H and O–H groups in total. The zero-order chi connectivity index (χ0) is 14.1. The quantitative estimate of drug-likeness (QED) is 0.793. The fourth-order valence-corrected chi connectivity index (χ4v) is 4.04. The number of rotatable bonds is 5. The van der Waals surface area contributed by atoms with E-state index < -0.39 is 0 Å². The van der Waals surface area contributed by atoms with Crippen LogP contribution in [0.5, 0.6) is 0 Å². The van der Waals surface area contributed by atoms with Gasteiger partial charge in [0, 0.05) is 21.4 Å². The Morgan fingerprint density at radius 1 is 1.35 bits per heavy atom. The summed E-state index contributed by atoms with van der Waals surface area (Å²) in [5, 5.41) is 4.04. The Balaban J connectivity index is 1.89. The Morgan fingerprint density at radius 2 is 2.15 bits per heavy atom. The molecule has 2 aromatic rings. The first-order valence-corrected chi connectivity index (χ1v) is 8.17. The molecule has 1 aliphatic rings. The Hall–Kier alpha value is -0.900. The standard InChI is InChI=1S/C16H17ClFNS/c1-2-19-16(10-3-4-10)15-8-7-14(20-15)12-6-5-11(18)9-13(12)17/h5-10,16,19H,2-4H2,1H3. The number of thiophene rings is 1. The molecule has 0 aliphatic heterocycles. The van der Waals surface area contributed by atoms with Gasteiger partial charge in [0.25, 0.3) is 0 Å². The van der Waals surface area contributed by atoms with Crippen molar-refractivity contribution in [3.05, 3.63) is 46.0 Å². The average molecular weight is 310 g/mol. The minimum atomic E-state index is -0.293. The molecule has 1 aliphatic carbocycles. The van der Waals surface area contributed by atoms with Gasteiger partial charge in [-0.1, -0.05) is 18.5 Å².